The molecule has 4 aromatic rings. The third-order valence-electron chi connectivity index (χ3n) is 5.68. The topological polar surface area (TPSA) is 59.8 Å². The molecule has 1 saturated carbocycles. The van der Waals surface area contributed by atoms with Crippen LogP contribution in [0.3, 0.4) is 0 Å². The number of rotatable bonds is 6. The van der Waals surface area contributed by atoms with Crippen LogP contribution in [0.4, 0.5) is 0 Å². The number of carbonyl (C=O) groups is 1. The van der Waals surface area contributed by atoms with E-state index in [1.165, 1.54) is 35.1 Å². The Bertz CT molecular complexity index is 1220. The molecule has 29 heavy (non-hydrogen) atoms. The minimum Gasteiger partial charge on any atom is -0.351 e. The van der Waals surface area contributed by atoms with Crippen molar-refractivity contribution in [3.05, 3.63) is 58.5 Å². The molecule has 1 aliphatic rings. The molecule has 1 amide bonds. The number of hydrogen-bond donors (Lipinski definition) is 1. The van der Waals surface area contributed by atoms with Gasteiger partial charge in [-0.2, -0.15) is 0 Å². The summed E-state index contributed by atoms with van der Waals surface area (Å²) in [7, 11) is 0. The average Bonchev–Trinajstić information content (AvgIpc) is 3.41. The maximum Gasteiger partial charge on any atom is 0.261 e. The second-order valence-electron chi connectivity index (χ2n) is 7.86. The predicted octanol–water partition coefficient (Wildman–Crippen LogP) is 4.96. The lowest BCUT2D eigenvalue weighted by molar-refractivity contribution is 0.0956. The smallest absolute Gasteiger partial charge is 0.261 e. The molecule has 3 aromatic heterocycles. The average molecular weight is 405 g/mol. The van der Waals surface area contributed by atoms with E-state index in [9.17, 15) is 4.79 Å². The van der Waals surface area contributed by atoms with Crippen LogP contribution in [0.15, 0.2) is 36.5 Å². The first kappa shape index (κ1) is 18.3. The lowest BCUT2D eigenvalue weighted by Gasteiger charge is -2.07. The summed E-state index contributed by atoms with van der Waals surface area (Å²) in [4.78, 5) is 23.9. The summed E-state index contributed by atoms with van der Waals surface area (Å²) in [5.74, 6) is 1.46. The first-order chi connectivity index (χ1) is 14.1. The van der Waals surface area contributed by atoms with Crippen molar-refractivity contribution in [2.75, 3.05) is 6.54 Å². The Hall–Kier alpha value is -2.73. The van der Waals surface area contributed by atoms with E-state index in [2.05, 4.69) is 51.4 Å². The number of carbonyl (C=O) groups excluding carboxylic acids is 1. The van der Waals surface area contributed by atoms with Crippen molar-refractivity contribution >= 4 is 38.4 Å². The quantitative estimate of drug-likeness (QED) is 0.462. The van der Waals surface area contributed by atoms with E-state index in [4.69, 9.17) is 4.98 Å². The van der Waals surface area contributed by atoms with Crippen molar-refractivity contribution in [3.63, 3.8) is 0 Å². The zero-order chi connectivity index (χ0) is 20.0. The van der Waals surface area contributed by atoms with E-state index in [0.29, 0.717) is 12.5 Å². The maximum absolute atomic E-state index is 12.8. The minimum absolute atomic E-state index is 0.00441. The Morgan fingerprint density at radius 1 is 1.21 bits per heavy atom. The fourth-order valence-electron chi connectivity index (χ4n) is 3.97. The summed E-state index contributed by atoms with van der Waals surface area (Å²) in [5.41, 5.74) is 3.22. The van der Waals surface area contributed by atoms with Gasteiger partial charge in [-0.05, 0) is 56.2 Å². The number of aromatic nitrogens is 3. The molecule has 0 unspecified atom stereocenters. The lowest BCUT2D eigenvalue weighted by Crippen LogP contribution is -2.25. The molecule has 5 rings (SSSR count). The van der Waals surface area contributed by atoms with Gasteiger partial charge >= 0.3 is 0 Å². The standard InChI is InChI=1S/C23H24N4OS/c1-14-19-15(2)25-21(17-8-9-17)26-23(19)29-20(14)22(28)24-11-5-12-27-13-10-16-6-3-4-7-18(16)27/h3-4,6-7,10,13,17H,5,8-9,11-12H2,1-2H3,(H,24,28). The number of amides is 1. The maximum atomic E-state index is 12.8. The van der Waals surface area contributed by atoms with Crippen LogP contribution < -0.4 is 5.32 Å². The molecule has 1 aromatic carbocycles. The molecule has 1 fully saturated rings. The van der Waals surface area contributed by atoms with Gasteiger partial charge in [-0.3, -0.25) is 4.79 Å². The molecule has 0 atom stereocenters. The summed E-state index contributed by atoms with van der Waals surface area (Å²) < 4.78 is 2.24. The van der Waals surface area contributed by atoms with Crippen molar-refractivity contribution in [1.29, 1.82) is 0 Å². The van der Waals surface area contributed by atoms with Crippen LogP contribution in [0.5, 0.6) is 0 Å². The van der Waals surface area contributed by atoms with Crippen LogP contribution in [0.2, 0.25) is 0 Å². The molecule has 0 bridgehead atoms. The monoisotopic (exact) mass is 404 g/mol. The van der Waals surface area contributed by atoms with Gasteiger partial charge in [0, 0.05) is 36.1 Å². The van der Waals surface area contributed by atoms with Gasteiger partial charge in [-0.25, -0.2) is 9.97 Å². The van der Waals surface area contributed by atoms with Crippen molar-refractivity contribution in [2.45, 2.75) is 45.6 Å². The number of nitrogens with one attached hydrogen (secondary N) is 1. The highest BCUT2D eigenvalue weighted by molar-refractivity contribution is 7.20. The predicted molar refractivity (Wildman–Crippen MR) is 118 cm³/mol. The van der Waals surface area contributed by atoms with E-state index in [1.807, 2.05) is 13.8 Å². The van der Waals surface area contributed by atoms with E-state index >= 15 is 0 Å². The van der Waals surface area contributed by atoms with Crippen LogP contribution in [0, 0.1) is 13.8 Å². The van der Waals surface area contributed by atoms with E-state index in [1.54, 1.807) is 0 Å². The molecule has 6 heteroatoms. The zero-order valence-electron chi connectivity index (χ0n) is 16.7. The number of aryl methyl sites for hydroxylation is 3. The van der Waals surface area contributed by atoms with Crippen LogP contribution in [0.25, 0.3) is 21.1 Å². The molecular weight excluding hydrogens is 380 g/mol. The number of benzene rings is 1. The summed E-state index contributed by atoms with van der Waals surface area (Å²) in [5, 5.41) is 5.38. The first-order valence-electron chi connectivity index (χ1n) is 10.2. The third kappa shape index (κ3) is 3.42. The van der Waals surface area contributed by atoms with Gasteiger partial charge in [0.25, 0.3) is 5.91 Å². The Morgan fingerprint density at radius 2 is 2.03 bits per heavy atom. The minimum atomic E-state index is -0.00441. The van der Waals surface area contributed by atoms with Crippen LogP contribution in [-0.2, 0) is 6.54 Å². The third-order valence-corrected chi connectivity index (χ3v) is 6.86. The van der Waals surface area contributed by atoms with Gasteiger partial charge in [0.05, 0.1) is 10.6 Å². The fourth-order valence-corrected chi connectivity index (χ4v) is 5.12. The van der Waals surface area contributed by atoms with E-state index in [0.717, 1.165) is 45.1 Å². The van der Waals surface area contributed by atoms with Crippen molar-refractivity contribution in [2.24, 2.45) is 0 Å². The van der Waals surface area contributed by atoms with Gasteiger partial charge in [0.2, 0.25) is 0 Å². The molecule has 0 aliphatic heterocycles. The Morgan fingerprint density at radius 3 is 2.86 bits per heavy atom. The summed E-state index contributed by atoms with van der Waals surface area (Å²) >= 11 is 1.49. The van der Waals surface area contributed by atoms with Crippen molar-refractivity contribution < 1.29 is 4.79 Å². The number of hydrogen-bond acceptors (Lipinski definition) is 4. The Labute approximate surface area is 173 Å². The Kier molecular flexibility index (Phi) is 4.59. The molecule has 1 aliphatic carbocycles. The van der Waals surface area contributed by atoms with Crippen LogP contribution >= 0.6 is 11.3 Å². The number of nitrogens with zero attached hydrogens (tertiary/aromatic N) is 3. The summed E-state index contributed by atoms with van der Waals surface area (Å²) in [6.07, 6.45) is 5.36. The van der Waals surface area contributed by atoms with Gasteiger partial charge in [-0.1, -0.05) is 18.2 Å². The van der Waals surface area contributed by atoms with Gasteiger partial charge in [-0.15, -0.1) is 11.3 Å². The highest BCUT2D eigenvalue weighted by Gasteiger charge is 2.28. The summed E-state index contributed by atoms with van der Waals surface area (Å²) in [6, 6.07) is 10.5. The van der Waals surface area contributed by atoms with Crippen molar-refractivity contribution in [3.8, 4) is 0 Å². The number of para-hydroxylation sites is 1. The largest absolute Gasteiger partial charge is 0.351 e. The second-order valence-corrected chi connectivity index (χ2v) is 8.85. The van der Waals surface area contributed by atoms with Crippen LogP contribution in [0.1, 0.15) is 51.9 Å². The van der Waals surface area contributed by atoms with E-state index in [-0.39, 0.29) is 5.91 Å². The fraction of sp³-hybridized carbons (Fsp3) is 0.348. The van der Waals surface area contributed by atoms with Gasteiger partial charge in [0.1, 0.15) is 10.7 Å². The Balaban J connectivity index is 1.26. The normalized spacial score (nSPS) is 14.0. The molecule has 5 nitrogen and oxygen atoms in total. The second kappa shape index (κ2) is 7.26. The van der Waals surface area contributed by atoms with Crippen molar-refractivity contribution in [1.82, 2.24) is 19.9 Å². The van der Waals surface area contributed by atoms with Crippen LogP contribution in [-0.4, -0.2) is 27.0 Å². The molecule has 0 radical (unpaired) electrons. The first-order valence-corrected chi connectivity index (χ1v) is 11.0. The molecular formula is C23H24N4OS. The highest BCUT2D eigenvalue weighted by Crippen LogP contribution is 2.40. The highest BCUT2D eigenvalue weighted by atomic mass is 32.1. The van der Waals surface area contributed by atoms with Gasteiger partial charge in [0.15, 0.2) is 0 Å². The molecule has 3 heterocycles. The zero-order valence-corrected chi connectivity index (χ0v) is 17.6. The molecule has 0 spiro atoms. The molecule has 0 saturated heterocycles. The number of thiophene rings is 1. The SMILES string of the molecule is Cc1nc(C2CC2)nc2sc(C(=O)NCCCn3ccc4ccccc43)c(C)c12. The number of fused-ring (bicyclic) bond motifs is 2. The lowest BCUT2D eigenvalue weighted by atomic mass is 10.1. The molecule has 1 N–H and O–H groups in total. The summed E-state index contributed by atoms with van der Waals surface area (Å²) in [6.45, 7) is 5.57. The molecule has 148 valence electrons. The van der Waals surface area contributed by atoms with Gasteiger partial charge < -0.3 is 9.88 Å². The van der Waals surface area contributed by atoms with E-state index < -0.39 is 0 Å².